The summed E-state index contributed by atoms with van der Waals surface area (Å²) in [6, 6.07) is 31.9. The molecular formula is C36H32N4O6S. The van der Waals surface area contributed by atoms with E-state index in [1.807, 2.05) is 36.4 Å². The van der Waals surface area contributed by atoms with Crippen molar-refractivity contribution in [2.75, 3.05) is 24.9 Å². The number of amides is 3. The predicted octanol–water partition coefficient (Wildman–Crippen LogP) is 6.88. The Morgan fingerprint density at radius 3 is 2.21 bits per heavy atom. The lowest BCUT2D eigenvalue weighted by atomic mass is 10.1. The lowest BCUT2D eigenvalue weighted by Crippen LogP contribution is -2.30. The maximum absolute atomic E-state index is 13.7. The van der Waals surface area contributed by atoms with Crippen LogP contribution in [0.5, 0.6) is 11.5 Å². The minimum Gasteiger partial charge on any atom is -0.493 e. The molecule has 3 N–H and O–H groups in total. The lowest BCUT2D eigenvalue weighted by molar-refractivity contribution is -0.116. The first kappa shape index (κ1) is 32.6. The highest BCUT2D eigenvalue weighted by molar-refractivity contribution is 8.00. The van der Waals surface area contributed by atoms with Gasteiger partial charge in [0.05, 0.1) is 14.2 Å². The largest absolute Gasteiger partial charge is 0.493 e. The fourth-order valence-electron chi connectivity index (χ4n) is 4.55. The third-order valence-electron chi connectivity index (χ3n) is 6.81. The molecule has 0 radical (unpaired) electrons. The molecule has 0 saturated carbocycles. The van der Waals surface area contributed by atoms with Crippen molar-refractivity contribution in [1.29, 1.82) is 0 Å². The van der Waals surface area contributed by atoms with Crippen LogP contribution >= 0.6 is 11.8 Å². The number of aryl methyl sites for hydroxylation is 1. The van der Waals surface area contributed by atoms with E-state index >= 15 is 0 Å². The fourth-order valence-corrected chi connectivity index (χ4v) is 5.63. The van der Waals surface area contributed by atoms with Gasteiger partial charge in [-0.1, -0.05) is 65.8 Å². The SMILES string of the molecule is COc1ccc(/C=C(/NC(=O)c2ccccc2)C(=O)Nc2cccc(SC(C(=O)Nc3cc(C)on3)c3ccccc3)c2)cc1OC. The number of rotatable bonds is 12. The molecule has 3 amide bonds. The van der Waals surface area contributed by atoms with Gasteiger partial charge in [0.15, 0.2) is 17.3 Å². The Balaban J connectivity index is 1.40. The number of nitrogens with one attached hydrogen (secondary N) is 3. The molecule has 5 rings (SSSR count). The van der Waals surface area contributed by atoms with Crippen LogP contribution in [0, 0.1) is 6.92 Å². The number of thioether (sulfide) groups is 1. The summed E-state index contributed by atoms with van der Waals surface area (Å²) in [7, 11) is 3.05. The summed E-state index contributed by atoms with van der Waals surface area (Å²) in [5, 5.41) is 11.7. The van der Waals surface area contributed by atoms with Gasteiger partial charge in [0.2, 0.25) is 5.91 Å². The van der Waals surface area contributed by atoms with Gasteiger partial charge in [-0.3, -0.25) is 14.4 Å². The number of carbonyl (C=O) groups excluding carboxylic acids is 3. The number of hydrogen-bond donors (Lipinski definition) is 3. The summed E-state index contributed by atoms with van der Waals surface area (Å²) in [6.07, 6.45) is 1.55. The smallest absolute Gasteiger partial charge is 0.272 e. The standard InChI is InChI=1S/C36H32N4O6S/c1-23-19-32(40-46-23)39-36(43)33(25-11-6-4-7-12-25)47-28-16-10-15-27(22-28)37-35(42)29(38-34(41)26-13-8-5-9-14-26)20-24-17-18-30(44-2)31(21-24)45-3/h4-22,33H,1-3H3,(H,37,42)(H,38,41)(H,39,40,43)/b29-20+. The molecule has 5 aromatic rings. The minimum atomic E-state index is -0.634. The van der Waals surface area contributed by atoms with Crippen LogP contribution < -0.4 is 25.4 Å². The molecule has 0 aliphatic heterocycles. The second-order valence-electron chi connectivity index (χ2n) is 10.2. The molecule has 4 aromatic carbocycles. The molecule has 1 aromatic heterocycles. The van der Waals surface area contributed by atoms with E-state index in [0.29, 0.717) is 39.9 Å². The zero-order chi connectivity index (χ0) is 33.2. The highest BCUT2D eigenvalue weighted by Crippen LogP contribution is 2.37. The highest BCUT2D eigenvalue weighted by atomic mass is 32.2. The zero-order valence-electron chi connectivity index (χ0n) is 25.9. The second-order valence-corrected chi connectivity index (χ2v) is 11.4. The van der Waals surface area contributed by atoms with Gasteiger partial charge in [-0.15, -0.1) is 11.8 Å². The quantitative estimate of drug-likeness (QED) is 0.0986. The normalized spacial score (nSPS) is 11.7. The van der Waals surface area contributed by atoms with Gasteiger partial charge in [0.1, 0.15) is 16.7 Å². The van der Waals surface area contributed by atoms with Gasteiger partial charge >= 0.3 is 0 Å². The number of anilines is 2. The minimum absolute atomic E-state index is 0.00794. The van der Waals surface area contributed by atoms with Gasteiger partial charge in [-0.2, -0.15) is 0 Å². The first-order valence-electron chi connectivity index (χ1n) is 14.5. The number of aromatic nitrogens is 1. The van der Waals surface area contributed by atoms with Gasteiger partial charge in [0, 0.05) is 22.2 Å². The number of nitrogens with zero attached hydrogens (tertiary/aromatic N) is 1. The number of methoxy groups -OCH3 is 2. The Morgan fingerprint density at radius 1 is 0.809 bits per heavy atom. The Kier molecular flexibility index (Phi) is 10.7. The number of hydrogen-bond acceptors (Lipinski definition) is 8. The number of ether oxygens (including phenoxy) is 2. The summed E-state index contributed by atoms with van der Waals surface area (Å²) in [5.74, 6) is 0.606. The molecule has 11 heteroatoms. The summed E-state index contributed by atoms with van der Waals surface area (Å²) < 4.78 is 15.8. The van der Waals surface area contributed by atoms with Crippen LogP contribution in [0.25, 0.3) is 6.08 Å². The predicted molar refractivity (Wildman–Crippen MR) is 181 cm³/mol. The molecule has 0 fully saturated rings. The van der Waals surface area contributed by atoms with E-state index in [0.717, 1.165) is 10.5 Å². The zero-order valence-corrected chi connectivity index (χ0v) is 26.7. The van der Waals surface area contributed by atoms with Crippen molar-refractivity contribution in [1.82, 2.24) is 10.5 Å². The molecule has 0 aliphatic rings. The Hall–Kier alpha value is -5.81. The van der Waals surface area contributed by atoms with Gasteiger partial charge in [-0.05, 0) is 66.6 Å². The van der Waals surface area contributed by atoms with Crippen LogP contribution in [-0.2, 0) is 9.59 Å². The fraction of sp³-hybridized carbons (Fsp3) is 0.111. The van der Waals surface area contributed by atoms with E-state index in [-0.39, 0.29) is 11.6 Å². The Bertz CT molecular complexity index is 1890. The van der Waals surface area contributed by atoms with Crippen LogP contribution in [0.3, 0.4) is 0 Å². The average molecular weight is 649 g/mol. The van der Waals surface area contributed by atoms with Crippen LogP contribution in [0.1, 0.15) is 32.5 Å². The van der Waals surface area contributed by atoms with Crippen molar-refractivity contribution >= 4 is 47.1 Å². The molecule has 10 nitrogen and oxygen atoms in total. The van der Waals surface area contributed by atoms with Crippen molar-refractivity contribution in [3.8, 4) is 11.5 Å². The molecule has 238 valence electrons. The van der Waals surface area contributed by atoms with Crippen molar-refractivity contribution in [3.63, 3.8) is 0 Å². The van der Waals surface area contributed by atoms with Gasteiger partial charge in [0.25, 0.3) is 11.8 Å². The molecule has 1 atom stereocenters. The van der Waals surface area contributed by atoms with E-state index < -0.39 is 17.1 Å². The van der Waals surface area contributed by atoms with Crippen LogP contribution in [0.2, 0.25) is 0 Å². The highest BCUT2D eigenvalue weighted by Gasteiger charge is 2.24. The van der Waals surface area contributed by atoms with E-state index in [2.05, 4.69) is 21.1 Å². The molecule has 0 bridgehead atoms. The van der Waals surface area contributed by atoms with Crippen LogP contribution in [0.15, 0.2) is 124 Å². The number of carbonyl (C=O) groups is 3. The Morgan fingerprint density at radius 2 is 1.53 bits per heavy atom. The van der Waals surface area contributed by atoms with Gasteiger partial charge < -0.3 is 29.9 Å². The first-order valence-corrected chi connectivity index (χ1v) is 15.4. The van der Waals surface area contributed by atoms with Gasteiger partial charge in [-0.25, -0.2) is 0 Å². The first-order chi connectivity index (χ1) is 22.8. The van der Waals surface area contributed by atoms with E-state index in [1.54, 1.807) is 85.8 Å². The van der Waals surface area contributed by atoms with E-state index in [1.165, 1.54) is 26.0 Å². The molecule has 47 heavy (non-hydrogen) atoms. The third-order valence-corrected chi connectivity index (χ3v) is 8.06. The summed E-state index contributed by atoms with van der Waals surface area (Å²) in [6.45, 7) is 1.74. The van der Waals surface area contributed by atoms with Crippen molar-refractivity contribution in [2.45, 2.75) is 17.1 Å². The summed E-state index contributed by atoms with van der Waals surface area (Å²) in [5.41, 5.74) is 2.25. The summed E-state index contributed by atoms with van der Waals surface area (Å²) >= 11 is 1.31. The molecular weight excluding hydrogens is 616 g/mol. The molecule has 0 saturated heterocycles. The van der Waals surface area contributed by atoms with Crippen molar-refractivity contribution in [2.24, 2.45) is 0 Å². The molecule has 1 unspecified atom stereocenters. The maximum Gasteiger partial charge on any atom is 0.272 e. The maximum atomic E-state index is 13.7. The number of benzene rings is 4. The van der Waals surface area contributed by atoms with Crippen molar-refractivity contribution in [3.05, 3.63) is 137 Å². The Labute approximate surface area is 276 Å². The lowest BCUT2D eigenvalue weighted by Gasteiger charge is -2.17. The van der Waals surface area contributed by atoms with Crippen LogP contribution in [-0.4, -0.2) is 37.1 Å². The second kappa shape index (κ2) is 15.5. The third kappa shape index (κ3) is 8.68. The monoisotopic (exact) mass is 648 g/mol. The van der Waals surface area contributed by atoms with E-state index in [4.69, 9.17) is 14.0 Å². The van der Waals surface area contributed by atoms with Crippen molar-refractivity contribution < 1.29 is 28.4 Å². The van der Waals surface area contributed by atoms with E-state index in [9.17, 15) is 14.4 Å². The molecule has 0 spiro atoms. The van der Waals surface area contributed by atoms with Crippen LogP contribution in [0.4, 0.5) is 11.5 Å². The summed E-state index contributed by atoms with van der Waals surface area (Å²) in [4.78, 5) is 40.9. The average Bonchev–Trinajstić information content (AvgIpc) is 3.51. The molecule has 0 aliphatic carbocycles. The molecule has 1 heterocycles. The topological polar surface area (TPSA) is 132 Å².